The Balaban J connectivity index is 4.24. The molecule has 0 aliphatic rings. The van der Waals surface area contributed by atoms with Crippen molar-refractivity contribution in [2.45, 2.75) is 148 Å². The topological polar surface area (TPSA) is 111 Å². The van der Waals surface area contributed by atoms with Gasteiger partial charge in [-0.2, -0.15) is 0 Å². The highest BCUT2D eigenvalue weighted by molar-refractivity contribution is 7.45. The van der Waals surface area contributed by atoms with Gasteiger partial charge in [0, 0.05) is 12.8 Å². The molecule has 0 rings (SSSR count). The van der Waals surface area contributed by atoms with Crippen LogP contribution in [0.5, 0.6) is 0 Å². The number of likely N-dealkylation sites (N-methyl/N-ethyl adjacent to an activating group) is 1. The van der Waals surface area contributed by atoms with Gasteiger partial charge in [0.05, 0.1) is 27.7 Å². The van der Waals surface area contributed by atoms with E-state index in [4.69, 9.17) is 18.5 Å². The van der Waals surface area contributed by atoms with Gasteiger partial charge >= 0.3 is 11.9 Å². The zero-order valence-corrected chi connectivity index (χ0v) is 33.2. The van der Waals surface area contributed by atoms with Crippen LogP contribution in [-0.4, -0.2) is 70.0 Å². The molecule has 0 N–H and O–H groups in total. The molecular weight excluding hydrogens is 653 g/mol. The van der Waals surface area contributed by atoms with E-state index in [0.717, 1.165) is 83.5 Å². The number of carbonyl (C=O) groups is 2. The lowest BCUT2D eigenvalue weighted by molar-refractivity contribution is -0.870. The van der Waals surface area contributed by atoms with Crippen molar-refractivity contribution in [3.05, 3.63) is 48.6 Å². The van der Waals surface area contributed by atoms with Gasteiger partial charge in [-0.1, -0.05) is 127 Å². The van der Waals surface area contributed by atoms with E-state index in [1.54, 1.807) is 0 Å². The third kappa shape index (κ3) is 35.8. The highest BCUT2D eigenvalue weighted by Gasteiger charge is 2.21. The van der Waals surface area contributed by atoms with Gasteiger partial charge in [-0.3, -0.25) is 14.2 Å². The van der Waals surface area contributed by atoms with E-state index in [2.05, 4.69) is 62.5 Å². The normalized spacial score (nSPS) is 14.3. The quantitative estimate of drug-likeness (QED) is 0.0212. The predicted molar refractivity (Wildman–Crippen MR) is 203 cm³/mol. The molecule has 0 aromatic carbocycles. The maximum atomic E-state index is 12.6. The lowest BCUT2D eigenvalue weighted by Crippen LogP contribution is -2.37. The van der Waals surface area contributed by atoms with E-state index in [1.165, 1.54) is 25.7 Å². The number of carbonyl (C=O) groups excluding carboxylic acids is 2. The van der Waals surface area contributed by atoms with Gasteiger partial charge in [-0.15, -0.1) is 0 Å². The number of ether oxygens (including phenoxy) is 2. The van der Waals surface area contributed by atoms with Crippen molar-refractivity contribution in [1.82, 2.24) is 0 Å². The second-order valence-electron chi connectivity index (χ2n) is 13.9. The molecule has 0 aliphatic heterocycles. The Bertz CT molecular complexity index is 1000. The Morgan fingerprint density at radius 3 is 1.70 bits per heavy atom. The first-order chi connectivity index (χ1) is 24.0. The number of hydrogen-bond acceptors (Lipinski definition) is 8. The molecule has 290 valence electrons. The van der Waals surface area contributed by atoms with Gasteiger partial charge in [0.2, 0.25) is 0 Å². The second-order valence-corrected chi connectivity index (χ2v) is 15.3. The Hall–Kier alpha value is -2.03. The van der Waals surface area contributed by atoms with Crippen LogP contribution in [0.3, 0.4) is 0 Å². The number of phosphoric acid groups is 1. The van der Waals surface area contributed by atoms with Crippen molar-refractivity contribution < 1.29 is 42.1 Å². The Labute approximate surface area is 305 Å². The van der Waals surface area contributed by atoms with Gasteiger partial charge in [-0.05, 0) is 51.4 Å². The molecule has 0 heterocycles. The van der Waals surface area contributed by atoms with Crippen molar-refractivity contribution in [3.8, 4) is 0 Å². The molecule has 0 amide bonds. The number of esters is 2. The van der Waals surface area contributed by atoms with Gasteiger partial charge in [0.25, 0.3) is 7.82 Å². The molecule has 0 fully saturated rings. The summed E-state index contributed by atoms with van der Waals surface area (Å²) in [5, 5.41) is 0. The summed E-state index contributed by atoms with van der Waals surface area (Å²) in [5.74, 6) is -0.862. The van der Waals surface area contributed by atoms with Crippen LogP contribution in [0.2, 0.25) is 0 Å². The monoisotopic (exact) mass is 725 g/mol. The zero-order valence-electron chi connectivity index (χ0n) is 32.3. The van der Waals surface area contributed by atoms with Crippen LogP contribution >= 0.6 is 7.82 Å². The van der Waals surface area contributed by atoms with Crippen molar-refractivity contribution in [3.63, 3.8) is 0 Å². The number of nitrogens with zero attached hydrogens (tertiary/aromatic N) is 1. The smallest absolute Gasteiger partial charge is 0.306 e. The van der Waals surface area contributed by atoms with Crippen LogP contribution in [0.1, 0.15) is 142 Å². The minimum absolute atomic E-state index is 0.0339. The molecule has 0 aliphatic carbocycles. The molecule has 0 aromatic heterocycles. The average Bonchev–Trinajstić information content (AvgIpc) is 3.06. The average molecular weight is 726 g/mol. The Morgan fingerprint density at radius 2 is 1.14 bits per heavy atom. The van der Waals surface area contributed by atoms with Gasteiger partial charge < -0.3 is 27.9 Å². The van der Waals surface area contributed by atoms with Crippen LogP contribution in [0.4, 0.5) is 0 Å². The number of rotatable bonds is 34. The molecule has 2 atom stereocenters. The third-order valence-electron chi connectivity index (χ3n) is 7.86. The standard InChI is InChI=1S/C40H72NO8P/c1-6-8-10-12-13-14-15-16-17-18-19-20-21-22-23-24-25-26-27-29-31-33-40(43)49-38(36-46-39(42)32-30-28-11-9-7-2)37-48-50(44,45)47-35-34-41(3,4)5/h8,10,13-14,16-17,19-20,38H,6-7,9,11-12,15,18,21-37H2,1-5H3/b10-8-,14-13-,17-16-,20-19-. The fourth-order valence-corrected chi connectivity index (χ4v) is 5.55. The van der Waals surface area contributed by atoms with Gasteiger partial charge in [0.15, 0.2) is 6.10 Å². The minimum Gasteiger partial charge on any atom is -0.756 e. The largest absolute Gasteiger partial charge is 0.756 e. The van der Waals surface area contributed by atoms with Crippen LogP contribution in [0, 0.1) is 0 Å². The fourth-order valence-electron chi connectivity index (χ4n) is 4.82. The lowest BCUT2D eigenvalue weighted by atomic mass is 10.1. The predicted octanol–water partition coefficient (Wildman–Crippen LogP) is 9.72. The molecule has 0 spiro atoms. The number of hydrogen-bond donors (Lipinski definition) is 0. The van der Waals surface area contributed by atoms with Crippen molar-refractivity contribution >= 4 is 19.8 Å². The van der Waals surface area contributed by atoms with Crippen LogP contribution in [0.25, 0.3) is 0 Å². The van der Waals surface area contributed by atoms with Crippen molar-refractivity contribution in [2.75, 3.05) is 47.5 Å². The maximum Gasteiger partial charge on any atom is 0.306 e. The summed E-state index contributed by atoms with van der Waals surface area (Å²) in [5.41, 5.74) is 0. The highest BCUT2D eigenvalue weighted by atomic mass is 31.2. The maximum absolute atomic E-state index is 12.6. The summed E-state index contributed by atoms with van der Waals surface area (Å²) < 4.78 is 33.6. The number of quaternary nitrogens is 1. The summed E-state index contributed by atoms with van der Waals surface area (Å²) in [6.45, 7) is 3.98. The molecule has 0 bridgehead atoms. The molecule has 9 nitrogen and oxygen atoms in total. The summed E-state index contributed by atoms with van der Waals surface area (Å²) in [4.78, 5) is 37.1. The molecule has 0 saturated heterocycles. The molecule has 0 saturated carbocycles. The van der Waals surface area contributed by atoms with E-state index in [9.17, 15) is 19.0 Å². The first kappa shape index (κ1) is 48.0. The van der Waals surface area contributed by atoms with Gasteiger partial charge in [-0.25, -0.2) is 0 Å². The van der Waals surface area contributed by atoms with Crippen LogP contribution in [0.15, 0.2) is 48.6 Å². The molecule has 2 unspecified atom stereocenters. The SMILES string of the molecule is CC/C=C\C/C=C\C/C=C\C/C=C\CCCCCCCCCCC(=O)OC(COC(=O)CCCCCCC)COP(=O)([O-])OCC[N+](C)(C)C. The molecule has 10 heteroatoms. The van der Waals surface area contributed by atoms with E-state index in [1.807, 2.05) is 21.1 Å². The number of phosphoric ester groups is 1. The summed E-state index contributed by atoms with van der Waals surface area (Å²) in [7, 11) is 1.15. The van der Waals surface area contributed by atoms with E-state index < -0.39 is 32.5 Å². The van der Waals surface area contributed by atoms with E-state index in [-0.39, 0.29) is 26.1 Å². The first-order valence-corrected chi connectivity index (χ1v) is 20.8. The van der Waals surface area contributed by atoms with Crippen molar-refractivity contribution in [2.24, 2.45) is 0 Å². The summed E-state index contributed by atoms with van der Waals surface area (Å²) in [6.07, 6.45) is 36.1. The summed E-state index contributed by atoms with van der Waals surface area (Å²) >= 11 is 0. The highest BCUT2D eigenvalue weighted by Crippen LogP contribution is 2.38. The Morgan fingerprint density at radius 1 is 0.640 bits per heavy atom. The zero-order chi connectivity index (χ0) is 37.2. The van der Waals surface area contributed by atoms with Gasteiger partial charge in [0.1, 0.15) is 19.8 Å². The molecule has 0 aromatic rings. The molecular formula is C40H72NO8P. The number of allylic oxidation sites excluding steroid dienone is 8. The second kappa shape index (κ2) is 32.8. The lowest BCUT2D eigenvalue weighted by Gasteiger charge is -2.28. The summed E-state index contributed by atoms with van der Waals surface area (Å²) in [6, 6.07) is 0. The van der Waals surface area contributed by atoms with Crippen LogP contribution < -0.4 is 4.89 Å². The Kier molecular flexibility index (Phi) is 31.5. The molecule has 0 radical (unpaired) electrons. The first-order valence-electron chi connectivity index (χ1n) is 19.3. The fraction of sp³-hybridized carbons (Fsp3) is 0.750. The van der Waals surface area contributed by atoms with Crippen LogP contribution in [-0.2, 0) is 32.7 Å². The molecule has 50 heavy (non-hydrogen) atoms. The van der Waals surface area contributed by atoms with E-state index >= 15 is 0 Å². The van der Waals surface area contributed by atoms with Crippen molar-refractivity contribution in [1.29, 1.82) is 0 Å². The number of unbranched alkanes of at least 4 members (excludes halogenated alkanes) is 12. The van der Waals surface area contributed by atoms with E-state index in [0.29, 0.717) is 17.4 Å². The minimum atomic E-state index is -4.61. The third-order valence-corrected chi connectivity index (χ3v) is 8.83.